The molecule has 0 heterocycles. The van der Waals surface area contributed by atoms with E-state index in [1.165, 1.54) is 18.2 Å². The van der Waals surface area contributed by atoms with Crippen LogP contribution in [0.25, 0.3) is 0 Å². The zero-order chi connectivity index (χ0) is 8.43. The van der Waals surface area contributed by atoms with Crippen molar-refractivity contribution in [2.75, 3.05) is 5.73 Å². The van der Waals surface area contributed by atoms with Gasteiger partial charge in [-0.15, -0.1) is 0 Å². The molecule has 0 radical (unpaired) electrons. The number of halogens is 1. The second-order valence-corrected chi connectivity index (χ2v) is 2.45. The molecular weight excluding hydrogens is 145 g/mol. The summed E-state index contributed by atoms with van der Waals surface area (Å²) in [5.74, 6) is -0.380. The van der Waals surface area contributed by atoms with Crippen molar-refractivity contribution in [3.63, 3.8) is 0 Å². The first-order valence-corrected chi connectivity index (χ1v) is 3.34. The zero-order valence-electron chi connectivity index (χ0n) is 6.21. The van der Waals surface area contributed by atoms with Gasteiger partial charge in [0.1, 0.15) is 5.82 Å². The van der Waals surface area contributed by atoms with Crippen LogP contribution in [-0.2, 0) is 0 Å². The second-order valence-electron chi connectivity index (χ2n) is 2.45. The lowest BCUT2D eigenvalue weighted by Gasteiger charge is -2.07. The van der Waals surface area contributed by atoms with Gasteiger partial charge in [0.15, 0.2) is 0 Å². The zero-order valence-corrected chi connectivity index (χ0v) is 6.21. The average Bonchev–Trinajstić information content (AvgIpc) is 1.94. The van der Waals surface area contributed by atoms with E-state index in [1.54, 1.807) is 6.92 Å². The fourth-order valence-corrected chi connectivity index (χ4v) is 0.907. The summed E-state index contributed by atoms with van der Waals surface area (Å²) < 4.78 is 12.5. The Morgan fingerprint density at radius 1 is 1.55 bits per heavy atom. The third-order valence-corrected chi connectivity index (χ3v) is 1.50. The first-order chi connectivity index (χ1) is 5.11. The lowest BCUT2D eigenvalue weighted by atomic mass is 10.1. The molecule has 1 aromatic rings. The molecule has 2 nitrogen and oxygen atoms in total. The Kier molecular flexibility index (Phi) is 2.10. The van der Waals surface area contributed by atoms with Gasteiger partial charge in [-0.3, -0.25) is 0 Å². The van der Waals surface area contributed by atoms with Crippen molar-refractivity contribution in [2.24, 2.45) is 0 Å². The maximum Gasteiger partial charge on any atom is 0.123 e. The molecule has 0 saturated carbocycles. The maximum absolute atomic E-state index is 12.5. The highest BCUT2D eigenvalue weighted by Gasteiger charge is 2.05. The van der Waals surface area contributed by atoms with Crippen LogP contribution in [0.2, 0.25) is 0 Å². The molecule has 0 saturated heterocycles. The highest BCUT2D eigenvalue weighted by atomic mass is 19.1. The van der Waals surface area contributed by atoms with Crippen molar-refractivity contribution in [3.8, 4) is 0 Å². The van der Waals surface area contributed by atoms with Gasteiger partial charge in [-0.05, 0) is 25.1 Å². The molecule has 0 amide bonds. The van der Waals surface area contributed by atoms with E-state index in [9.17, 15) is 4.39 Å². The molecule has 0 aliphatic heterocycles. The third kappa shape index (κ3) is 1.68. The molecule has 0 aliphatic rings. The lowest BCUT2D eigenvalue weighted by Crippen LogP contribution is -1.98. The fraction of sp³-hybridized carbons (Fsp3) is 0.250. The van der Waals surface area contributed by atoms with Crippen molar-refractivity contribution in [1.82, 2.24) is 0 Å². The molecule has 0 aliphatic carbocycles. The molecule has 0 spiro atoms. The molecule has 3 N–H and O–H groups in total. The predicted octanol–water partition coefficient (Wildman–Crippen LogP) is 1.46. The second kappa shape index (κ2) is 2.88. The standard InChI is InChI=1S/C8H10FNO/c1-5(11)7-4-6(9)2-3-8(7)10/h2-5,11H,10H2,1H3/t5-/m1/s1. The van der Waals surface area contributed by atoms with Crippen LogP contribution in [0.5, 0.6) is 0 Å². The van der Waals surface area contributed by atoms with Crippen LogP contribution in [-0.4, -0.2) is 5.11 Å². The summed E-state index contributed by atoms with van der Waals surface area (Å²) in [6.45, 7) is 1.55. The molecule has 0 aromatic heterocycles. The van der Waals surface area contributed by atoms with Gasteiger partial charge < -0.3 is 10.8 Å². The summed E-state index contributed by atoms with van der Waals surface area (Å²) in [7, 11) is 0. The number of rotatable bonds is 1. The predicted molar refractivity (Wildman–Crippen MR) is 41.4 cm³/mol. The molecule has 60 valence electrons. The maximum atomic E-state index is 12.5. The van der Waals surface area contributed by atoms with E-state index in [4.69, 9.17) is 10.8 Å². The molecule has 0 unspecified atom stereocenters. The minimum absolute atomic E-state index is 0.380. The van der Waals surface area contributed by atoms with Gasteiger partial charge in [0.05, 0.1) is 6.10 Å². The highest BCUT2D eigenvalue weighted by Crippen LogP contribution is 2.20. The SMILES string of the molecule is C[C@@H](O)c1cc(F)ccc1N. The summed E-state index contributed by atoms with van der Waals surface area (Å²) in [5, 5.41) is 9.08. The van der Waals surface area contributed by atoms with Crippen molar-refractivity contribution >= 4 is 5.69 Å². The molecule has 3 heteroatoms. The van der Waals surface area contributed by atoms with Gasteiger partial charge >= 0.3 is 0 Å². The largest absolute Gasteiger partial charge is 0.398 e. The van der Waals surface area contributed by atoms with Gasteiger partial charge in [0.2, 0.25) is 0 Å². The summed E-state index contributed by atoms with van der Waals surface area (Å²) >= 11 is 0. The summed E-state index contributed by atoms with van der Waals surface area (Å²) in [6.07, 6.45) is -0.717. The Morgan fingerprint density at radius 3 is 2.64 bits per heavy atom. The van der Waals surface area contributed by atoms with Gasteiger partial charge in [0.25, 0.3) is 0 Å². The Labute approximate surface area is 64.5 Å². The number of aliphatic hydroxyl groups is 1. The number of aliphatic hydroxyl groups excluding tert-OH is 1. The van der Waals surface area contributed by atoms with E-state index in [1.807, 2.05) is 0 Å². The molecular formula is C8H10FNO. The number of nitrogens with two attached hydrogens (primary N) is 1. The smallest absolute Gasteiger partial charge is 0.123 e. The number of hydrogen-bond acceptors (Lipinski definition) is 2. The summed E-state index contributed by atoms with van der Waals surface area (Å²) in [5.41, 5.74) is 6.32. The van der Waals surface area contributed by atoms with E-state index in [-0.39, 0.29) is 5.82 Å². The Hall–Kier alpha value is -1.09. The number of anilines is 1. The quantitative estimate of drug-likeness (QED) is 0.603. The number of hydrogen-bond donors (Lipinski definition) is 2. The van der Waals surface area contributed by atoms with Crippen LogP contribution in [0.3, 0.4) is 0 Å². The third-order valence-electron chi connectivity index (χ3n) is 1.50. The van der Waals surface area contributed by atoms with E-state index in [0.29, 0.717) is 11.3 Å². The van der Waals surface area contributed by atoms with Gasteiger partial charge in [0, 0.05) is 11.3 Å². The van der Waals surface area contributed by atoms with E-state index in [2.05, 4.69) is 0 Å². The Bertz CT molecular complexity index is 260. The Morgan fingerprint density at radius 2 is 2.18 bits per heavy atom. The minimum Gasteiger partial charge on any atom is -0.398 e. The topological polar surface area (TPSA) is 46.2 Å². The normalized spacial score (nSPS) is 13.0. The molecule has 11 heavy (non-hydrogen) atoms. The van der Waals surface area contributed by atoms with Crippen LogP contribution in [0, 0.1) is 5.82 Å². The Balaban J connectivity index is 3.13. The summed E-state index contributed by atoms with van der Waals surface area (Å²) in [6, 6.07) is 3.94. The van der Waals surface area contributed by atoms with E-state index < -0.39 is 6.10 Å². The fourth-order valence-electron chi connectivity index (χ4n) is 0.907. The van der Waals surface area contributed by atoms with Crippen molar-refractivity contribution in [3.05, 3.63) is 29.6 Å². The van der Waals surface area contributed by atoms with E-state index in [0.717, 1.165) is 0 Å². The number of benzene rings is 1. The first-order valence-electron chi connectivity index (χ1n) is 3.34. The molecule has 1 rings (SSSR count). The van der Waals surface area contributed by atoms with Gasteiger partial charge in [-0.25, -0.2) is 4.39 Å². The van der Waals surface area contributed by atoms with Crippen LogP contribution in [0.1, 0.15) is 18.6 Å². The lowest BCUT2D eigenvalue weighted by molar-refractivity contribution is 0.199. The first kappa shape index (κ1) is 8.01. The minimum atomic E-state index is -0.717. The van der Waals surface area contributed by atoms with E-state index >= 15 is 0 Å². The van der Waals surface area contributed by atoms with Crippen molar-refractivity contribution in [2.45, 2.75) is 13.0 Å². The van der Waals surface area contributed by atoms with Crippen molar-refractivity contribution < 1.29 is 9.50 Å². The molecule has 1 aromatic carbocycles. The van der Waals surface area contributed by atoms with Crippen LogP contribution >= 0.6 is 0 Å². The van der Waals surface area contributed by atoms with Crippen LogP contribution in [0.15, 0.2) is 18.2 Å². The average molecular weight is 155 g/mol. The monoisotopic (exact) mass is 155 g/mol. The molecule has 0 fully saturated rings. The highest BCUT2D eigenvalue weighted by molar-refractivity contribution is 5.47. The summed E-state index contributed by atoms with van der Waals surface area (Å²) in [4.78, 5) is 0. The molecule has 1 atom stereocenters. The van der Waals surface area contributed by atoms with Crippen LogP contribution < -0.4 is 5.73 Å². The molecule has 0 bridgehead atoms. The number of nitrogen functional groups attached to an aromatic ring is 1. The van der Waals surface area contributed by atoms with Gasteiger partial charge in [-0.1, -0.05) is 0 Å². The van der Waals surface area contributed by atoms with Gasteiger partial charge in [-0.2, -0.15) is 0 Å². The van der Waals surface area contributed by atoms with Crippen LogP contribution in [0.4, 0.5) is 10.1 Å². The van der Waals surface area contributed by atoms with Crippen molar-refractivity contribution in [1.29, 1.82) is 0 Å².